The maximum atomic E-state index is 9.37. The molecule has 3 N–H and O–H groups in total. The highest BCUT2D eigenvalue weighted by molar-refractivity contribution is 5.48. The molecule has 0 bridgehead atoms. The van der Waals surface area contributed by atoms with E-state index in [1.54, 1.807) is 6.20 Å². The molecule has 1 aromatic heterocycles. The quantitative estimate of drug-likeness (QED) is 0.795. The number of nitrogens with zero attached hydrogens (tertiary/aromatic N) is 2. The second-order valence-corrected chi connectivity index (χ2v) is 4.24. The molecule has 0 aromatic carbocycles. The van der Waals surface area contributed by atoms with Gasteiger partial charge >= 0.3 is 0 Å². The lowest BCUT2D eigenvalue weighted by atomic mass is 10.0. The highest BCUT2D eigenvalue weighted by Crippen LogP contribution is 2.24. The van der Waals surface area contributed by atoms with Gasteiger partial charge in [-0.25, -0.2) is 0 Å². The molecule has 0 radical (unpaired) electrons. The van der Waals surface area contributed by atoms with Gasteiger partial charge in [-0.05, 0) is 31.4 Å². The summed E-state index contributed by atoms with van der Waals surface area (Å²) in [6, 6.07) is 4.27. The number of hydrogen-bond acceptors (Lipinski definition) is 4. The summed E-state index contributed by atoms with van der Waals surface area (Å²) >= 11 is 0. The van der Waals surface area contributed by atoms with Crippen LogP contribution in [0.15, 0.2) is 18.3 Å². The molecule has 2 heterocycles. The van der Waals surface area contributed by atoms with Gasteiger partial charge < -0.3 is 15.7 Å². The van der Waals surface area contributed by atoms with Gasteiger partial charge in [0.2, 0.25) is 0 Å². The SMILES string of the molecule is NCc1cc(N2CCCCC2CO)ccn1. The van der Waals surface area contributed by atoms with Gasteiger partial charge in [0, 0.05) is 25.0 Å². The molecule has 1 saturated heterocycles. The van der Waals surface area contributed by atoms with Crippen LogP contribution in [-0.2, 0) is 6.54 Å². The Morgan fingerprint density at radius 1 is 1.50 bits per heavy atom. The predicted octanol–water partition coefficient (Wildman–Crippen LogP) is 0.891. The Hall–Kier alpha value is -1.13. The summed E-state index contributed by atoms with van der Waals surface area (Å²) in [6.07, 6.45) is 5.25. The van der Waals surface area contributed by atoms with E-state index in [0.717, 1.165) is 24.3 Å². The van der Waals surface area contributed by atoms with Crippen LogP contribution in [0.2, 0.25) is 0 Å². The maximum absolute atomic E-state index is 9.37. The van der Waals surface area contributed by atoms with E-state index in [0.29, 0.717) is 6.54 Å². The van der Waals surface area contributed by atoms with E-state index in [-0.39, 0.29) is 12.6 Å². The second-order valence-electron chi connectivity index (χ2n) is 4.24. The average molecular weight is 221 g/mol. The van der Waals surface area contributed by atoms with Crippen LogP contribution in [0, 0.1) is 0 Å². The lowest BCUT2D eigenvalue weighted by molar-refractivity contribution is 0.240. The third-order valence-corrected chi connectivity index (χ3v) is 3.18. The largest absolute Gasteiger partial charge is 0.394 e. The minimum Gasteiger partial charge on any atom is -0.394 e. The van der Waals surface area contributed by atoms with E-state index >= 15 is 0 Å². The van der Waals surface area contributed by atoms with E-state index < -0.39 is 0 Å². The van der Waals surface area contributed by atoms with Crippen molar-refractivity contribution in [2.75, 3.05) is 18.1 Å². The fourth-order valence-corrected chi connectivity index (χ4v) is 2.29. The number of piperidine rings is 1. The minimum absolute atomic E-state index is 0.223. The minimum atomic E-state index is 0.223. The Morgan fingerprint density at radius 2 is 2.38 bits per heavy atom. The zero-order valence-corrected chi connectivity index (χ0v) is 9.47. The van der Waals surface area contributed by atoms with E-state index in [9.17, 15) is 5.11 Å². The standard InChI is InChI=1S/C12H19N3O/c13-8-10-7-11(4-5-14-10)15-6-2-1-3-12(15)9-16/h4-5,7,12,16H,1-3,6,8-9,13H2. The van der Waals surface area contributed by atoms with Crippen molar-refractivity contribution >= 4 is 5.69 Å². The molecule has 0 aliphatic carbocycles. The Kier molecular flexibility index (Phi) is 3.74. The van der Waals surface area contributed by atoms with Crippen molar-refractivity contribution in [2.45, 2.75) is 31.8 Å². The molecular formula is C12H19N3O. The maximum Gasteiger partial charge on any atom is 0.0635 e. The van der Waals surface area contributed by atoms with Gasteiger partial charge in [-0.3, -0.25) is 4.98 Å². The van der Waals surface area contributed by atoms with E-state index in [1.807, 2.05) is 12.1 Å². The summed E-state index contributed by atoms with van der Waals surface area (Å²) in [6.45, 7) is 1.70. The molecule has 2 rings (SSSR count). The molecule has 1 aliphatic heterocycles. The Balaban J connectivity index is 2.20. The highest BCUT2D eigenvalue weighted by Gasteiger charge is 2.21. The molecule has 0 saturated carbocycles. The summed E-state index contributed by atoms with van der Waals surface area (Å²) in [7, 11) is 0. The topological polar surface area (TPSA) is 62.4 Å². The number of aliphatic hydroxyl groups is 1. The Labute approximate surface area is 96.1 Å². The fourth-order valence-electron chi connectivity index (χ4n) is 2.29. The van der Waals surface area contributed by atoms with E-state index in [1.165, 1.54) is 12.8 Å². The van der Waals surface area contributed by atoms with Crippen LogP contribution in [0.4, 0.5) is 5.69 Å². The Morgan fingerprint density at radius 3 is 3.12 bits per heavy atom. The first-order valence-corrected chi connectivity index (χ1v) is 5.87. The number of aromatic nitrogens is 1. The Bertz CT molecular complexity index is 343. The molecule has 1 atom stereocenters. The van der Waals surface area contributed by atoms with Crippen LogP contribution in [0.5, 0.6) is 0 Å². The van der Waals surface area contributed by atoms with Crippen molar-refractivity contribution in [1.82, 2.24) is 4.98 Å². The normalized spacial score (nSPS) is 21.1. The fraction of sp³-hybridized carbons (Fsp3) is 0.583. The second kappa shape index (κ2) is 5.27. The van der Waals surface area contributed by atoms with Crippen LogP contribution in [-0.4, -0.2) is 29.3 Å². The first kappa shape index (κ1) is 11.4. The number of pyridine rings is 1. The van der Waals surface area contributed by atoms with Crippen molar-refractivity contribution < 1.29 is 5.11 Å². The molecule has 1 unspecified atom stereocenters. The monoisotopic (exact) mass is 221 g/mol. The lowest BCUT2D eigenvalue weighted by Gasteiger charge is -2.36. The average Bonchev–Trinajstić information content (AvgIpc) is 2.38. The number of aliphatic hydroxyl groups excluding tert-OH is 1. The zero-order valence-electron chi connectivity index (χ0n) is 9.47. The van der Waals surface area contributed by atoms with Crippen molar-refractivity contribution in [2.24, 2.45) is 5.73 Å². The third-order valence-electron chi connectivity index (χ3n) is 3.18. The van der Waals surface area contributed by atoms with Gasteiger partial charge in [-0.1, -0.05) is 0 Å². The van der Waals surface area contributed by atoms with Gasteiger partial charge in [-0.2, -0.15) is 0 Å². The molecule has 1 aliphatic rings. The van der Waals surface area contributed by atoms with Gasteiger partial charge in [0.15, 0.2) is 0 Å². The first-order chi connectivity index (χ1) is 7.85. The first-order valence-electron chi connectivity index (χ1n) is 5.87. The van der Waals surface area contributed by atoms with Crippen LogP contribution in [0.1, 0.15) is 25.0 Å². The molecule has 4 heteroatoms. The molecule has 0 amide bonds. The molecule has 4 nitrogen and oxygen atoms in total. The van der Waals surface area contributed by atoms with Gasteiger partial charge in [0.1, 0.15) is 0 Å². The summed E-state index contributed by atoms with van der Waals surface area (Å²) in [5.41, 5.74) is 7.62. The van der Waals surface area contributed by atoms with Crippen LogP contribution in [0.3, 0.4) is 0 Å². The van der Waals surface area contributed by atoms with Crippen LogP contribution >= 0.6 is 0 Å². The van der Waals surface area contributed by atoms with Crippen LogP contribution < -0.4 is 10.6 Å². The van der Waals surface area contributed by atoms with E-state index in [2.05, 4.69) is 9.88 Å². The number of anilines is 1. The van der Waals surface area contributed by atoms with E-state index in [4.69, 9.17) is 5.73 Å². The number of hydrogen-bond donors (Lipinski definition) is 2. The number of rotatable bonds is 3. The zero-order chi connectivity index (χ0) is 11.4. The smallest absolute Gasteiger partial charge is 0.0635 e. The lowest BCUT2D eigenvalue weighted by Crippen LogP contribution is -2.42. The highest BCUT2D eigenvalue weighted by atomic mass is 16.3. The van der Waals surface area contributed by atoms with Crippen molar-refractivity contribution in [3.63, 3.8) is 0 Å². The predicted molar refractivity (Wildman–Crippen MR) is 64.2 cm³/mol. The summed E-state index contributed by atoms with van der Waals surface area (Å²) < 4.78 is 0. The molecule has 0 spiro atoms. The molecular weight excluding hydrogens is 202 g/mol. The summed E-state index contributed by atoms with van der Waals surface area (Å²) in [5.74, 6) is 0. The summed E-state index contributed by atoms with van der Waals surface area (Å²) in [5, 5.41) is 9.37. The molecule has 1 fully saturated rings. The summed E-state index contributed by atoms with van der Waals surface area (Å²) in [4.78, 5) is 6.46. The van der Waals surface area contributed by atoms with Gasteiger partial charge in [0.25, 0.3) is 0 Å². The van der Waals surface area contributed by atoms with Gasteiger partial charge in [-0.15, -0.1) is 0 Å². The third kappa shape index (κ3) is 2.33. The number of nitrogens with two attached hydrogens (primary N) is 1. The van der Waals surface area contributed by atoms with Gasteiger partial charge in [0.05, 0.1) is 18.3 Å². The molecule has 16 heavy (non-hydrogen) atoms. The van der Waals surface area contributed by atoms with Crippen molar-refractivity contribution in [3.8, 4) is 0 Å². The van der Waals surface area contributed by atoms with Crippen molar-refractivity contribution in [1.29, 1.82) is 0 Å². The van der Waals surface area contributed by atoms with Crippen LogP contribution in [0.25, 0.3) is 0 Å². The molecule has 88 valence electrons. The van der Waals surface area contributed by atoms with Crippen molar-refractivity contribution in [3.05, 3.63) is 24.0 Å². The molecule has 1 aromatic rings.